The summed E-state index contributed by atoms with van der Waals surface area (Å²) in [6, 6.07) is 6.57. The Kier molecular flexibility index (Phi) is 4.74. The minimum Gasteiger partial charge on any atom is -0.392 e. The normalized spacial score (nSPS) is 28.9. The highest BCUT2D eigenvalue weighted by atomic mass is 19.1. The van der Waals surface area contributed by atoms with Crippen molar-refractivity contribution in [1.82, 2.24) is 10.2 Å². The number of nitrogens with one attached hydrogen (secondary N) is 1. The number of aliphatic hydroxyl groups is 1. The van der Waals surface area contributed by atoms with Crippen LogP contribution in [0.25, 0.3) is 0 Å². The van der Waals surface area contributed by atoms with Gasteiger partial charge in [0.1, 0.15) is 5.82 Å². The van der Waals surface area contributed by atoms with E-state index in [4.69, 9.17) is 0 Å². The van der Waals surface area contributed by atoms with Crippen molar-refractivity contribution in [3.63, 3.8) is 0 Å². The molecule has 1 aliphatic heterocycles. The predicted molar refractivity (Wildman–Crippen MR) is 81.9 cm³/mol. The summed E-state index contributed by atoms with van der Waals surface area (Å²) in [5, 5.41) is 12.8. The van der Waals surface area contributed by atoms with E-state index in [2.05, 4.69) is 10.2 Å². The van der Waals surface area contributed by atoms with E-state index in [0.717, 1.165) is 44.3 Å². The molecule has 2 fully saturated rings. The highest BCUT2D eigenvalue weighted by Crippen LogP contribution is 2.27. The van der Waals surface area contributed by atoms with Crippen LogP contribution in [0.15, 0.2) is 24.3 Å². The minimum absolute atomic E-state index is 0.0109. The van der Waals surface area contributed by atoms with Crippen molar-refractivity contribution in [3.05, 3.63) is 35.6 Å². The average Bonchev–Trinajstić information content (AvgIpc) is 3.10. The Bertz CT molecular complexity index is 520. The predicted octanol–water partition coefficient (Wildman–Crippen LogP) is 1.47. The second kappa shape index (κ2) is 6.75. The number of carbonyl (C=O) groups is 1. The zero-order valence-electron chi connectivity index (χ0n) is 12.7. The smallest absolute Gasteiger partial charge is 0.224 e. The van der Waals surface area contributed by atoms with E-state index in [9.17, 15) is 14.3 Å². The fraction of sp³-hybridized carbons (Fsp3) is 0.588. The van der Waals surface area contributed by atoms with E-state index < -0.39 is 0 Å². The van der Waals surface area contributed by atoms with E-state index in [-0.39, 0.29) is 30.3 Å². The first kappa shape index (κ1) is 15.4. The second-order valence-electron chi connectivity index (χ2n) is 6.41. The van der Waals surface area contributed by atoms with Gasteiger partial charge in [0, 0.05) is 25.2 Å². The number of carbonyl (C=O) groups excluding carboxylic acids is 1. The summed E-state index contributed by atoms with van der Waals surface area (Å²) in [4.78, 5) is 14.5. The van der Waals surface area contributed by atoms with Crippen LogP contribution in [-0.2, 0) is 11.2 Å². The van der Waals surface area contributed by atoms with Crippen LogP contribution in [0.2, 0.25) is 0 Å². The molecule has 1 aromatic carbocycles. The molecule has 1 amide bonds. The van der Waals surface area contributed by atoms with Gasteiger partial charge in [0.05, 0.1) is 12.5 Å². The monoisotopic (exact) mass is 306 g/mol. The molecule has 4 nitrogen and oxygen atoms in total. The highest BCUT2D eigenvalue weighted by molar-refractivity contribution is 5.79. The average molecular weight is 306 g/mol. The SMILES string of the molecule is O=C(Cc1ccc(F)cc1)N[C@@H]1CCC[C@@H]1N1CCC(O)C1. The molecule has 22 heavy (non-hydrogen) atoms. The maximum Gasteiger partial charge on any atom is 0.224 e. The van der Waals surface area contributed by atoms with Crippen LogP contribution in [0, 0.1) is 5.82 Å². The zero-order chi connectivity index (χ0) is 15.5. The van der Waals surface area contributed by atoms with Crippen LogP contribution in [0.3, 0.4) is 0 Å². The van der Waals surface area contributed by atoms with Crippen molar-refractivity contribution in [2.45, 2.75) is 50.3 Å². The maximum absolute atomic E-state index is 12.9. The summed E-state index contributed by atoms with van der Waals surface area (Å²) in [7, 11) is 0. The van der Waals surface area contributed by atoms with Gasteiger partial charge in [0.25, 0.3) is 0 Å². The molecule has 1 heterocycles. The number of likely N-dealkylation sites (tertiary alicyclic amines) is 1. The third-order valence-corrected chi connectivity index (χ3v) is 4.77. The quantitative estimate of drug-likeness (QED) is 0.886. The number of benzene rings is 1. The summed E-state index contributed by atoms with van der Waals surface area (Å²) in [5.74, 6) is -0.296. The van der Waals surface area contributed by atoms with Gasteiger partial charge in [0.2, 0.25) is 5.91 Å². The van der Waals surface area contributed by atoms with Crippen molar-refractivity contribution >= 4 is 5.91 Å². The molecular formula is C17H23FN2O2. The van der Waals surface area contributed by atoms with Gasteiger partial charge < -0.3 is 10.4 Å². The second-order valence-corrected chi connectivity index (χ2v) is 6.41. The maximum atomic E-state index is 12.9. The van der Waals surface area contributed by atoms with E-state index >= 15 is 0 Å². The van der Waals surface area contributed by atoms with Gasteiger partial charge in [-0.15, -0.1) is 0 Å². The molecule has 3 atom stereocenters. The summed E-state index contributed by atoms with van der Waals surface area (Å²) in [6.07, 6.45) is 4.06. The van der Waals surface area contributed by atoms with Gasteiger partial charge in [-0.3, -0.25) is 9.69 Å². The Balaban J connectivity index is 1.55. The van der Waals surface area contributed by atoms with Gasteiger partial charge in [-0.2, -0.15) is 0 Å². The van der Waals surface area contributed by atoms with Crippen LogP contribution in [0.5, 0.6) is 0 Å². The van der Waals surface area contributed by atoms with Gasteiger partial charge in [0.15, 0.2) is 0 Å². The number of β-amino-alcohol motifs (C(OH)–C–C–N with tert-alkyl or cyclic N) is 1. The van der Waals surface area contributed by atoms with Gasteiger partial charge in [-0.05, 0) is 43.4 Å². The summed E-state index contributed by atoms with van der Waals surface area (Å²) in [5.41, 5.74) is 0.824. The molecule has 1 aliphatic carbocycles. The third-order valence-electron chi connectivity index (χ3n) is 4.77. The number of halogens is 1. The number of amides is 1. The lowest BCUT2D eigenvalue weighted by molar-refractivity contribution is -0.121. The van der Waals surface area contributed by atoms with Crippen molar-refractivity contribution in [3.8, 4) is 0 Å². The van der Waals surface area contributed by atoms with E-state index in [1.54, 1.807) is 12.1 Å². The molecule has 0 spiro atoms. The number of rotatable bonds is 4. The molecule has 1 saturated heterocycles. The Morgan fingerprint density at radius 3 is 2.73 bits per heavy atom. The van der Waals surface area contributed by atoms with Crippen LogP contribution >= 0.6 is 0 Å². The lowest BCUT2D eigenvalue weighted by Gasteiger charge is -2.29. The minimum atomic E-state index is -0.285. The number of nitrogens with zero attached hydrogens (tertiary/aromatic N) is 1. The topological polar surface area (TPSA) is 52.6 Å². The summed E-state index contributed by atoms with van der Waals surface area (Å²) < 4.78 is 12.9. The molecule has 1 saturated carbocycles. The van der Waals surface area contributed by atoms with Crippen molar-refractivity contribution < 1.29 is 14.3 Å². The Morgan fingerprint density at radius 2 is 2.05 bits per heavy atom. The lowest BCUT2D eigenvalue weighted by Crippen LogP contribution is -2.48. The first-order chi connectivity index (χ1) is 10.6. The van der Waals surface area contributed by atoms with Crippen molar-refractivity contribution in [1.29, 1.82) is 0 Å². The van der Waals surface area contributed by atoms with Crippen LogP contribution < -0.4 is 5.32 Å². The molecule has 2 aliphatic rings. The fourth-order valence-electron chi connectivity index (χ4n) is 3.66. The van der Waals surface area contributed by atoms with E-state index in [1.165, 1.54) is 12.1 Å². The summed E-state index contributed by atoms with van der Waals surface area (Å²) in [6.45, 7) is 1.63. The third kappa shape index (κ3) is 3.65. The van der Waals surface area contributed by atoms with Crippen molar-refractivity contribution in [2.75, 3.05) is 13.1 Å². The molecule has 0 radical (unpaired) electrons. The Morgan fingerprint density at radius 1 is 1.27 bits per heavy atom. The molecule has 1 unspecified atom stereocenters. The molecule has 1 aromatic rings. The van der Waals surface area contributed by atoms with Gasteiger partial charge in [-0.1, -0.05) is 12.1 Å². The standard InChI is InChI=1S/C17H23FN2O2/c18-13-6-4-12(5-7-13)10-17(22)19-15-2-1-3-16(15)20-9-8-14(21)11-20/h4-7,14-16,21H,1-3,8-11H2,(H,19,22)/t14?,15-,16+/m1/s1. The lowest BCUT2D eigenvalue weighted by atomic mass is 10.1. The molecule has 5 heteroatoms. The van der Waals surface area contributed by atoms with E-state index in [1.807, 2.05) is 0 Å². The van der Waals surface area contributed by atoms with Crippen LogP contribution in [0.1, 0.15) is 31.2 Å². The molecular weight excluding hydrogens is 283 g/mol. The Hall–Kier alpha value is -1.46. The Labute approximate surface area is 130 Å². The largest absolute Gasteiger partial charge is 0.392 e. The highest BCUT2D eigenvalue weighted by Gasteiger charge is 2.36. The number of hydrogen-bond acceptors (Lipinski definition) is 3. The molecule has 120 valence electrons. The van der Waals surface area contributed by atoms with Crippen LogP contribution in [-0.4, -0.2) is 47.2 Å². The van der Waals surface area contributed by atoms with Crippen molar-refractivity contribution in [2.24, 2.45) is 0 Å². The molecule has 0 aromatic heterocycles. The molecule has 2 N–H and O–H groups in total. The molecule has 3 rings (SSSR count). The molecule has 0 bridgehead atoms. The first-order valence-electron chi connectivity index (χ1n) is 8.08. The summed E-state index contributed by atoms with van der Waals surface area (Å²) >= 11 is 0. The van der Waals surface area contributed by atoms with Gasteiger partial charge in [-0.25, -0.2) is 4.39 Å². The van der Waals surface area contributed by atoms with E-state index in [0.29, 0.717) is 6.04 Å². The van der Waals surface area contributed by atoms with Gasteiger partial charge >= 0.3 is 0 Å². The number of hydrogen-bond donors (Lipinski definition) is 2. The number of aliphatic hydroxyl groups excluding tert-OH is 1. The zero-order valence-corrected chi connectivity index (χ0v) is 12.7. The van der Waals surface area contributed by atoms with Crippen LogP contribution in [0.4, 0.5) is 4.39 Å². The fourth-order valence-corrected chi connectivity index (χ4v) is 3.66. The first-order valence-corrected chi connectivity index (χ1v) is 8.08.